The molecule has 2 amide bonds. The Bertz CT molecular complexity index is 955. The first-order valence-corrected chi connectivity index (χ1v) is 11.8. The van der Waals surface area contributed by atoms with Crippen LogP contribution in [0.2, 0.25) is 0 Å². The lowest BCUT2D eigenvalue weighted by molar-refractivity contribution is -0.126. The van der Waals surface area contributed by atoms with Gasteiger partial charge in [-0.1, -0.05) is 18.2 Å². The molecule has 4 rings (SSSR count). The Hall–Kier alpha value is -2.51. The molecule has 1 unspecified atom stereocenters. The number of ether oxygens (including phenoxy) is 2. The monoisotopic (exact) mass is 440 g/mol. The van der Waals surface area contributed by atoms with Crippen LogP contribution in [0.15, 0.2) is 47.4 Å². The number of thioether (sulfide) groups is 1. The quantitative estimate of drug-likeness (QED) is 0.694. The molecule has 0 saturated carbocycles. The van der Waals surface area contributed by atoms with Gasteiger partial charge in [-0.3, -0.25) is 9.59 Å². The smallest absolute Gasteiger partial charge is 0.239 e. The van der Waals surface area contributed by atoms with Gasteiger partial charge in [0, 0.05) is 36.6 Å². The van der Waals surface area contributed by atoms with E-state index in [2.05, 4.69) is 53.3 Å². The number of fused-ring (bicyclic) bond motifs is 1. The van der Waals surface area contributed by atoms with Crippen LogP contribution in [0.4, 0.5) is 0 Å². The maximum absolute atomic E-state index is 12.5. The van der Waals surface area contributed by atoms with E-state index < -0.39 is 0 Å². The van der Waals surface area contributed by atoms with Crippen LogP contribution >= 0.6 is 11.8 Å². The van der Waals surface area contributed by atoms with E-state index in [9.17, 15) is 9.59 Å². The van der Waals surface area contributed by atoms with Gasteiger partial charge in [-0.05, 0) is 41.6 Å². The molecule has 2 aromatic rings. The van der Waals surface area contributed by atoms with E-state index in [0.717, 1.165) is 35.3 Å². The van der Waals surface area contributed by atoms with Crippen LogP contribution in [0.25, 0.3) is 11.1 Å². The van der Waals surface area contributed by atoms with Crippen molar-refractivity contribution in [1.29, 1.82) is 0 Å². The molecule has 0 bridgehead atoms. The van der Waals surface area contributed by atoms with Gasteiger partial charge in [-0.2, -0.15) is 0 Å². The number of rotatable bonds is 5. The minimum Gasteiger partial charge on any atom is -0.487 e. The number of carbonyl (C=O) groups is 2. The lowest BCUT2D eigenvalue weighted by Gasteiger charge is -2.44. The van der Waals surface area contributed by atoms with Crippen LogP contribution in [-0.2, 0) is 14.3 Å². The molecule has 6 nitrogen and oxygen atoms in total. The van der Waals surface area contributed by atoms with Gasteiger partial charge in [-0.25, -0.2) is 0 Å². The number of carbonyl (C=O) groups excluding carboxylic acids is 2. The van der Waals surface area contributed by atoms with E-state index in [1.807, 2.05) is 6.07 Å². The molecule has 1 spiro atoms. The predicted molar refractivity (Wildman–Crippen MR) is 121 cm³/mol. The van der Waals surface area contributed by atoms with Crippen molar-refractivity contribution in [2.45, 2.75) is 42.7 Å². The van der Waals surface area contributed by atoms with Crippen LogP contribution in [0.3, 0.4) is 0 Å². The van der Waals surface area contributed by atoms with E-state index in [1.165, 1.54) is 11.8 Å². The van der Waals surface area contributed by atoms with Crippen molar-refractivity contribution in [1.82, 2.24) is 10.6 Å². The SMILES string of the molecule is CSc1ccc(-c2ccc3c(c2)C(NC(=O)CNC(C)=O)CC2(CCOCC2)O3)cc1. The molecular weight excluding hydrogens is 412 g/mol. The number of hydrogen-bond acceptors (Lipinski definition) is 5. The van der Waals surface area contributed by atoms with Gasteiger partial charge in [0.05, 0.1) is 25.8 Å². The van der Waals surface area contributed by atoms with E-state index in [0.29, 0.717) is 19.6 Å². The topological polar surface area (TPSA) is 76.7 Å². The Labute approximate surface area is 187 Å². The summed E-state index contributed by atoms with van der Waals surface area (Å²) in [5, 5.41) is 5.69. The first-order valence-electron chi connectivity index (χ1n) is 10.6. The maximum atomic E-state index is 12.5. The molecule has 0 aromatic heterocycles. The molecule has 2 aromatic carbocycles. The predicted octanol–water partition coefficient (Wildman–Crippen LogP) is 3.70. The molecule has 2 heterocycles. The first-order chi connectivity index (χ1) is 15.0. The summed E-state index contributed by atoms with van der Waals surface area (Å²) in [6.07, 6.45) is 4.33. The Morgan fingerprint density at radius 1 is 1.10 bits per heavy atom. The van der Waals surface area contributed by atoms with Crippen molar-refractivity contribution in [3.63, 3.8) is 0 Å². The molecule has 2 N–H and O–H groups in total. The zero-order valence-corrected chi connectivity index (χ0v) is 18.7. The van der Waals surface area contributed by atoms with Crippen LogP contribution < -0.4 is 15.4 Å². The largest absolute Gasteiger partial charge is 0.487 e. The normalized spacial score (nSPS) is 19.2. The zero-order chi connectivity index (χ0) is 21.8. The molecule has 1 atom stereocenters. The third-order valence-corrected chi connectivity index (χ3v) is 6.69. The second-order valence-corrected chi connectivity index (χ2v) is 8.99. The van der Waals surface area contributed by atoms with E-state index >= 15 is 0 Å². The Morgan fingerprint density at radius 2 is 1.81 bits per heavy atom. The zero-order valence-electron chi connectivity index (χ0n) is 17.9. The average molecular weight is 441 g/mol. The molecule has 1 saturated heterocycles. The van der Waals surface area contributed by atoms with E-state index in [4.69, 9.17) is 9.47 Å². The average Bonchev–Trinajstić information content (AvgIpc) is 2.78. The van der Waals surface area contributed by atoms with Crippen molar-refractivity contribution in [2.75, 3.05) is 26.0 Å². The molecule has 2 aliphatic rings. The highest BCUT2D eigenvalue weighted by Gasteiger charge is 2.42. The van der Waals surface area contributed by atoms with Gasteiger partial charge < -0.3 is 20.1 Å². The minimum absolute atomic E-state index is 0.0338. The van der Waals surface area contributed by atoms with E-state index in [-0.39, 0.29) is 30.0 Å². The summed E-state index contributed by atoms with van der Waals surface area (Å²) in [5.41, 5.74) is 2.84. The van der Waals surface area contributed by atoms with Crippen LogP contribution in [0, 0.1) is 0 Å². The van der Waals surface area contributed by atoms with E-state index in [1.54, 1.807) is 11.8 Å². The van der Waals surface area contributed by atoms with Crippen LogP contribution in [0.5, 0.6) is 5.75 Å². The molecule has 0 radical (unpaired) electrons. The highest BCUT2D eigenvalue weighted by Crippen LogP contribution is 2.45. The number of hydrogen-bond donors (Lipinski definition) is 2. The highest BCUT2D eigenvalue weighted by atomic mass is 32.2. The molecule has 2 aliphatic heterocycles. The lowest BCUT2D eigenvalue weighted by atomic mass is 9.81. The third-order valence-electron chi connectivity index (χ3n) is 5.95. The second kappa shape index (κ2) is 9.32. The summed E-state index contributed by atoms with van der Waals surface area (Å²) >= 11 is 1.71. The fourth-order valence-electron chi connectivity index (χ4n) is 4.26. The molecule has 1 fully saturated rings. The van der Waals surface area contributed by atoms with Crippen molar-refractivity contribution < 1.29 is 19.1 Å². The lowest BCUT2D eigenvalue weighted by Crippen LogP contribution is -2.49. The van der Waals surface area contributed by atoms with Crippen molar-refractivity contribution in [3.8, 4) is 16.9 Å². The summed E-state index contributed by atoms with van der Waals surface area (Å²) < 4.78 is 12.0. The summed E-state index contributed by atoms with van der Waals surface area (Å²) in [6.45, 7) is 2.68. The Morgan fingerprint density at radius 3 is 2.48 bits per heavy atom. The maximum Gasteiger partial charge on any atom is 0.239 e. The van der Waals surface area contributed by atoms with Gasteiger partial charge >= 0.3 is 0 Å². The summed E-state index contributed by atoms with van der Waals surface area (Å²) in [6, 6.07) is 14.5. The third kappa shape index (κ3) is 5.05. The van der Waals surface area contributed by atoms with Gasteiger partial charge in [0.2, 0.25) is 11.8 Å². The molecule has 164 valence electrons. The molecule has 31 heavy (non-hydrogen) atoms. The van der Waals surface area contributed by atoms with Crippen molar-refractivity contribution in [3.05, 3.63) is 48.0 Å². The Kier molecular flexibility index (Phi) is 6.53. The summed E-state index contributed by atoms with van der Waals surface area (Å²) in [7, 11) is 0. The minimum atomic E-state index is -0.335. The standard InChI is InChI=1S/C24H28N2O4S/c1-16(27)25-15-23(28)26-21-14-24(9-11-29-12-10-24)30-22-8-5-18(13-20(21)22)17-3-6-19(31-2)7-4-17/h3-8,13,21H,9-12,14-15H2,1-2H3,(H,25,27)(H,26,28). The van der Waals surface area contributed by atoms with Gasteiger partial charge in [0.25, 0.3) is 0 Å². The van der Waals surface area contributed by atoms with Gasteiger partial charge in [0.15, 0.2) is 0 Å². The van der Waals surface area contributed by atoms with Crippen LogP contribution in [0.1, 0.15) is 37.8 Å². The molecule has 7 heteroatoms. The fraction of sp³-hybridized carbons (Fsp3) is 0.417. The number of amides is 2. The van der Waals surface area contributed by atoms with Crippen LogP contribution in [-0.4, -0.2) is 43.4 Å². The Balaban J connectivity index is 1.64. The summed E-state index contributed by atoms with van der Waals surface area (Å²) in [5.74, 6) is 0.381. The number of benzene rings is 2. The molecule has 0 aliphatic carbocycles. The van der Waals surface area contributed by atoms with Crippen molar-refractivity contribution >= 4 is 23.6 Å². The van der Waals surface area contributed by atoms with Gasteiger partial charge in [0.1, 0.15) is 11.4 Å². The molecular formula is C24H28N2O4S. The van der Waals surface area contributed by atoms with Gasteiger partial charge in [-0.15, -0.1) is 11.8 Å². The number of nitrogens with one attached hydrogen (secondary N) is 2. The van der Waals surface area contributed by atoms with Crippen molar-refractivity contribution in [2.24, 2.45) is 0 Å². The fourth-order valence-corrected chi connectivity index (χ4v) is 4.67. The summed E-state index contributed by atoms with van der Waals surface area (Å²) in [4.78, 5) is 24.9. The second-order valence-electron chi connectivity index (χ2n) is 8.11. The highest BCUT2D eigenvalue weighted by molar-refractivity contribution is 7.98. The first kappa shape index (κ1) is 21.7.